The van der Waals surface area contributed by atoms with Gasteiger partial charge < -0.3 is 24.4 Å². The number of halogens is 2. The van der Waals surface area contributed by atoms with Crippen LogP contribution in [0.3, 0.4) is 0 Å². The highest BCUT2D eigenvalue weighted by Crippen LogP contribution is 2.42. The largest absolute Gasteiger partial charge is 0.493 e. The van der Waals surface area contributed by atoms with Crippen LogP contribution in [0.15, 0.2) is 90.5 Å². The van der Waals surface area contributed by atoms with Crippen molar-refractivity contribution in [2.45, 2.75) is 51.0 Å². The molecule has 1 N–H and O–H groups in total. The highest BCUT2D eigenvalue weighted by Gasteiger charge is 2.44. The summed E-state index contributed by atoms with van der Waals surface area (Å²) in [5.41, 5.74) is 1.93. The van der Waals surface area contributed by atoms with Gasteiger partial charge in [0.2, 0.25) is 0 Å². The molecule has 3 aromatic carbocycles. The summed E-state index contributed by atoms with van der Waals surface area (Å²) >= 11 is 0. The molecule has 51 heavy (non-hydrogen) atoms. The first kappa shape index (κ1) is 34.4. The van der Waals surface area contributed by atoms with E-state index in [-0.39, 0.29) is 24.2 Å². The van der Waals surface area contributed by atoms with E-state index in [2.05, 4.69) is 37.1 Å². The van der Waals surface area contributed by atoms with E-state index in [9.17, 15) is 18.7 Å². The molecule has 268 valence electrons. The molecule has 2 aliphatic rings. The lowest BCUT2D eigenvalue weighted by molar-refractivity contribution is -0.0206. The van der Waals surface area contributed by atoms with Crippen molar-refractivity contribution in [1.29, 1.82) is 0 Å². The Morgan fingerprint density at radius 1 is 1.00 bits per heavy atom. The molecular weight excluding hydrogens is 660 g/mol. The molecule has 2 saturated heterocycles. The minimum absolute atomic E-state index is 0.0121. The van der Waals surface area contributed by atoms with Gasteiger partial charge in [-0.3, -0.25) is 0 Å². The van der Waals surface area contributed by atoms with Gasteiger partial charge in [-0.2, -0.15) is 10.2 Å². The summed E-state index contributed by atoms with van der Waals surface area (Å²) in [6.45, 7) is 7.97. The summed E-state index contributed by atoms with van der Waals surface area (Å²) in [5, 5.41) is 18.5. The molecule has 14 heteroatoms. The standard InChI is InChI=1S/C37H42F2N8O4/c1-3-35(26(2)48)47-36(49)46(25-42-47)31-7-5-29(6-8-31)43-14-16-44(17-15-43)30-9-11-32(12-10-30)50-20-27-19-37(51-21-27,22-45-24-40-23-41-45)33-13-4-28(38)18-34(33)39/h4-13,18,23-27,35,48H,3,14-17,19-22H2,1-2H3/t26-,27+,35-,37-/m0/s1/i25+2. The fourth-order valence-corrected chi connectivity index (χ4v) is 7.24. The van der Waals surface area contributed by atoms with E-state index in [1.54, 1.807) is 17.9 Å². The van der Waals surface area contributed by atoms with Crippen molar-refractivity contribution in [2.75, 3.05) is 49.2 Å². The van der Waals surface area contributed by atoms with Gasteiger partial charge in [0.05, 0.1) is 37.6 Å². The zero-order valence-corrected chi connectivity index (χ0v) is 28.7. The first-order valence-electron chi connectivity index (χ1n) is 17.3. The van der Waals surface area contributed by atoms with Crippen LogP contribution in [0, 0.1) is 17.6 Å². The number of aromatic nitrogens is 6. The van der Waals surface area contributed by atoms with Gasteiger partial charge in [-0.1, -0.05) is 13.0 Å². The van der Waals surface area contributed by atoms with Gasteiger partial charge in [-0.25, -0.2) is 32.5 Å². The number of nitrogens with zero attached hydrogens (tertiary/aromatic N) is 8. The average molecular weight is 703 g/mol. The number of piperazine rings is 1. The van der Waals surface area contributed by atoms with Crippen molar-refractivity contribution >= 4 is 11.4 Å². The summed E-state index contributed by atoms with van der Waals surface area (Å²) in [5.74, 6) is -0.563. The van der Waals surface area contributed by atoms with Gasteiger partial charge >= 0.3 is 5.69 Å². The molecule has 12 nitrogen and oxygen atoms in total. The van der Waals surface area contributed by atoms with Crippen molar-refractivity contribution in [1.82, 2.24) is 29.1 Å². The Kier molecular flexibility index (Phi) is 9.87. The minimum Gasteiger partial charge on any atom is -0.493 e. The van der Waals surface area contributed by atoms with Gasteiger partial charge in [-0.15, -0.1) is 0 Å². The molecule has 5 aromatic rings. The maximum Gasteiger partial charge on any atom is 0.350 e. The van der Waals surface area contributed by atoms with E-state index in [1.165, 1.54) is 34.0 Å². The van der Waals surface area contributed by atoms with Gasteiger partial charge in [0.15, 0.2) is 0 Å². The number of hydrogen-bond acceptors (Lipinski definition) is 9. The van der Waals surface area contributed by atoms with Crippen molar-refractivity contribution in [3.05, 3.63) is 113 Å². The number of aliphatic hydroxyl groups is 1. The average Bonchev–Trinajstić information content (AvgIpc) is 3.90. The number of aliphatic hydroxyl groups excluding tert-OH is 1. The number of hydrogen-bond donors (Lipinski definition) is 1. The maximum atomic E-state index is 15.0. The lowest BCUT2D eigenvalue weighted by Crippen LogP contribution is -2.46. The Morgan fingerprint density at radius 2 is 1.67 bits per heavy atom. The van der Waals surface area contributed by atoms with E-state index >= 15 is 0 Å². The molecule has 0 amide bonds. The van der Waals surface area contributed by atoms with Crippen LogP contribution in [0.1, 0.15) is 38.3 Å². The molecule has 0 radical (unpaired) electrons. The normalized spacial score (nSPS) is 20.5. The van der Waals surface area contributed by atoms with Gasteiger partial charge in [0, 0.05) is 55.1 Å². The second kappa shape index (κ2) is 14.6. The molecule has 4 atom stereocenters. The fraction of sp³-hybridized carbons (Fsp3) is 0.405. The molecule has 0 spiro atoms. The van der Waals surface area contributed by atoms with Crippen molar-refractivity contribution in [3.8, 4) is 11.4 Å². The second-order valence-corrected chi connectivity index (χ2v) is 13.3. The number of rotatable bonds is 12. The van der Waals surface area contributed by atoms with Crippen LogP contribution >= 0.6 is 0 Å². The quantitative estimate of drug-likeness (QED) is 0.200. The Balaban J connectivity index is 0.923. The van der Waals surface area contributed by atoms with E-state index in [0.717, 1.165) is 55.1 Å². The Labute approximate surface area is 294 Å². The number of benzene rings is 3. The predicted molar refractivity (Wildman–Crippen MR) is 187 cm³/mol. The van der Waals surface area contributed by atoms with Gasteiger partial charge in [0.1, 0.15) is 42.0 Å². The van der Waals surface area contributed by atoms with E-state index in [0.29, 0.717) is 31.6 Å². The molecule has 2 aliphatic heterocycles. The molecule has 2 aromatic heterocycles. The lowest BCUT2D eigenvalue weighted by Gasteiger charge is -2.37. The summed E-state index contributed by atoms with van der Waals surface area (Å²) in [6, 6.07) is 19.2. The third kappa shape index (κ3) is 7.24. The third-order valence-electron chi connectivity index (χ3n) is 9.96. The van der Waals surface area contributed by atoms with E-state index in [1.807, 2.05) is 43.3 Å². The van der Waals surface area contributed by atoms with E-state index < -0.39 is 23.3 Å². The van der Waals surface area contributed by atoms with Crippen molar-refractivity contribution in [3.63, 3.8) is 0 Å². The smallest absolute Gasteiger partial charge is 0.350 e. The van der Waals surface area contributed by atoms with Crippen molar-refractivity contribution in [2.24, 2.45) is 5.92 Å². The minimum atomic E-state index is -1.02. The molecule has 7 rings (SSSR count). The summed E-state index contributed by atoms with van der Waals surface area (Å²) in [4.78, 5) is 21.7. The maximum absolute atomic E-state index is 15.0. The predicted octanol–water partition coefficient (Wildman–Crippen LogP) is 4.57. The Bertz CT molecular complexity index is 1960. The van der Waals surface area contributed by atoms with Crippen molar-refractivity contribution < 1.29 is 23.4 Å². The fourth-order valence-electron chi connectivity index (χ4n) is 7.24. The van der Waals surface area contributed by atoms with Crippen LogP contribution in [0.5, 0.6) is 5.75 Å². The molecule has 0 unspecified atom stereocenters. The lowest BCUT2D eigenvalue weighted by atomic mass is 9.87. The number of anilines is 2. The van der Waals surface area contributed by atoms with Gasteiger partial charge in [-0.05, 0) is 74.4 Å². The van der Waals surface area contributed by atoms with Crippen LogP contribution in [0.25, 0.3) is 5.69 Å². The topological polar surface area (TPSA) is 116 Å². The molecule has 0 bridgehead atoms. The Morgan fingerprint density at radius 3 is 2.27 bits per heavy atom. The highest BCUT2D eigenvalue weighted by molar-refractivity contribution is 5.54. The SMILES string of the molecule is CC[C@@H]([C@H](C)O)n1n[14cH]n(-c2ccc(N3CCN(c4ccc(OC[C@@H]5CO[C@@](Cn6cncn6)(c6ccc(F)cc6F)C5)cc4)CC3)cc2)c1=O. The zero-order valence-electron chi connectivity index (χ0n) is 28.7. The van der Waals surface area contributed by atoms with Crippen LogP contribution in [0.2, 0.25) is 0 Å². The summed E-state index contributed by atoms with van der Waals surface area (Å²) in [6.07, 6.45) is 4.88. The second-order valence-electron chi connectivity index (χ2n) is 13.3. The van der Waals surface area contributed by atoms with Crippen LogP contribution < -0.4 is 20.2 Å². The zero-order chi connectivity index (χ0) is 35.5. The Hall–Kier alpha value is -5.08. The summed E-state index contributed by atoms with van der Waals surface area (Å²) in [7, 11) is 0. The monoisotopic (exact) mass is 702 g/mol. The molecule has 0 aliphatic carbocycles. The molecule has 0 saturated carbocycles. The van der Waals surface area contributed by atoms with Crippen LogP contribution in [-0.2, 0) is 16.9 Å². The van der Waals surface area contributed by atoms with Crippen LogP contribution in [0.4, 0.5) is 20.2 Å². The molecule has 4 heterocycles. The van der Waals surface area contributed by atoms with Crippen LogP contribution in [-0.4, -0.2) is 79.7 Å². The molecular formula is C37H42F2N8O4. The number of ether oxygens (including phenoxy) is 2. The summed E-state index contributed by atoms with van der Waals surface area (Å²) < 4.78 is 45.6. The first-order chi connectivity index (χ1) is 24.7. The highest BCUT2D eigenvalue weighted by atomic mass is 19.1. The first-order valence-corrected chi connectivity index (χ1v) is 17.3. The molecule has 2 fully saturated rings. The third-order valence-corrected chi connectivity index (χ3v) is 9.96. The van der Waals surface area contributed by atoms with Gasteiger partial charge in [0.25, 0.3) is 0 Å². The van der Waals surface area contributed by atoms with E-state index in [4.69, 9.17) is 9.47 Å².